The van der Waals surface area contributed by atoms with Crippen LogP contribution in [-0.4, -0.2) is 16.1 Å². The fourth-order valence-corrected chi connectivity index (χ4v) is 2.56. The summed E-state index contributed by atoms with van der Waals surface area (Å²) in [7, 11) is 0. The fraction of sp³-hybridized carbons (Fsp3) is 0.176. The van der Waals surface area contributed by atoms with Gasteiger partial charge in [0.05, 0.1) is 29.2 Å². The van der Waals surface area contributed by atoms with Crippen molar-refractivity contribution < 1.29 is 0 Å². The number of para-hydroxylation sites is 2. The summed E-state index contributed by atoms with van der Waals surface area (Å²) in [6.07, 6.45) is 0.726. The van der Waals surface area contributed by atoms with Gasteiger partial charge in [-0.15, -0.1) is 0 Å². The highest BCUT2D eigenvalue weighted by Gasteiger charge is 2.11. The second-order valence-electron chi connectivity index (χ2n) is 4.91. The van der Waals surface area contributed by atoms with Crippen LogP contribution in [0.1, 0.15) is 17.0 Å². The number of fused-ring (bicyclic) bond motifs is 1. The third-order valence-electron chi connectivity index (χ3n) is 3.57. The normalized spacial score (nSPS) is 10.7. The number of hydrogen-bond donors (Lipinski definition) is 1. The monoisotopic (exact) mass is 276 g/mol. The van der Waals surface area contributed by atoms with Gasteiger partial charge in [-0.25, -0.2) is 4.98 Å². The number of nitriles is 1. The van der Waals surface area contributed by atoms with Crippen LogP contribution in [0.3, 0.4) is 0 Å². The molecule has 3 rings (SSSR count). The number of nitrogens with zero attached hydrogens (tertiary/aromatic N) is 3. The number of imidazole rings is 1. The molecule has 21 heavy (non-hydrogen) atoms. The zero-order valence-electron chi connectivity index (χ0n) is 11.7. The van der Waals surface area contributed by atoms with Crippen molar-refractivity contribution in [1.82, 2.24) is 9.55 Å². The van der Waals surface area contributed by atoms with Crippen LogP contribution in [0.4, 0.5) is 0 Å². The topological polar surface area (TPSA) is 67.6 Å². The molecule has 1 heterocycles. The Morgan fingerprint density at radius 3 is 2.67 bits per heavy atom. The summed E-state index contributed by atoms with van der Waals surface area (Å²) < 4.78 is 2.15. The molecule has 0 fully saturated rings. The summed E-state index contributed by atoms with van der Waals surface area (Å²) in [5, 5.41) is 9.24. The van der Waals surface area contributed by atoms with Crippen molar-refractivity contribution in [2.45, 2.75) is 13.0 Å². The summed E-state index contributed by atoms with van der Waals surface area (Å²) in [4.78, 5) is 4.65. The van der Waals surface area contributed by atoms with E-state index in [1.807, 2.05) is 42.5 Å². The Balaban J connectivity index is 2.11. The van der Waals surface area contributed by atoms with Gasteiger partial charge in [-0.1, -0.05) is 30.3 Å². The summed E-state index contributed by atoms with van der Waals surface area (Å²) in [5.74, 6) is 0.964. The first-order valence-electron chi connectivity index (χ1n) is 6.95. The Morgan fingerprint density at radius 1 is 1.10 bits per heavy atom. The highest BCUT2D eigenvalue weighted by atomic mass is 15.1. The highest BCUT2D eigenvalue weighted by molar-refractivity contribution is 5.76. The van der Waals surface area contributed by atoms with E-state index in [2.05, 4.69) is 21.7 Å². The van der Waals surface area contributed by atoms with Crippen LogP contribution < -0.4 is 5.73 Å². The molecule has 4 heteroatoms. The lowest BCUT2D eigenvalue weighted by molar-refractivity contribution is 0.733. The predicted molar refractivity (Wildman–Crippen MR) is 82.8 cm³/mol. The first kappa shape index (κ1) is 13.3. The van der Waals surface area contributed by atoms with Gasteiger partial charge in [-0.3, -0.25) is 0 Å². The summed E-state index contributed by atoms with van der Waals surface area (Å²) in [6, 6.07) is 18.0. The van der Waals surface area contributed by atoms with Crippen LogP contribution in [0.5, 0.6) is 0 Å². The minimum atomic E-state index is 0.559. The largest absolute Gasteiger partial charge is 0.330 e. The Hall–Kier alpha value is -2.64. The lowest BCUT2D eigenvalue weighted by atomic mass is 10.1. The molecule has 0 aliphatic carbocycles. The molecule has 104 valence electrons. The van der Waals surface area contributed by atoms with E-state index >= 15 is 0 Å². The maximum atomic E-state index is 9.24. The zero-order valence-corrected chi connectivity index (χ0v) is 11.7. The minimum Gasteiger partial charge on any atom is -0.330 e. The molecule has 4 nitrogen and oxygen atoms in total. The van der Waals surface area contributed by atoms with Crippen LogP contribution >= 0.6 is 0 Å². The predicted octanol–water partition coefficient (Wildman–Crippen LogP) is 2.46. The van der Waals surface area contributed by atoms with E-state index in [-0.39, 0.29) is 0 Å². The second-order valence-corrected chi connectivity index (χ2v) is 4.91. The summed E-state index contributed by atoms with van der Waals surface area (Å²) in [5.41, 5.74) is 9.44. The van der Waals surface area contributed by atoms with Crippen LogP contribution in [-0.2, 0) is 13.0 Å². The van der Waals surface area contributed by atoms with Crippen molar-refractivity contribution in [1.29, 1.82) is 5.26 Å². The van der Waals surface area contributed by atoms with Crippen molar-refractivity contribution in [3.63, 3.8) is 0 Å². The van der Waals surface area contributed by atoms with Crippen molar-refractivity contribution in [2.75, 3.05) is 6.54 Å². The lowest BCUT2D eigenvalue weighted by Crippen LogP contribution is -2.11. The quantitative estimate of drug-likeness (QED) is 0.796. The second kappa shape index (κ2) is 5.78. The summed E-state index contributed by atoms with van der Waals surface area (Å²) >= 11 is 0. The standard InChI is InChI=1S/C17H16N4/c18-10-9-17-20-15-7-3-4-8-16(15)21(17)12-14-6-2-1-5-13(14)11-19/h1-8H,9-10,12,18H2. The van der Waals surface area contributed by atoms with Crippen molar-refractivity contribution in [2.24, 2.45) is 5.73 Å². The molecule has 0 aliphatic heterocycles. The minimum absolute atomic E-state index is 0.559. The van der Waals surface area contributed by atoms with Crippen LogP contribution in [0.15, 0.2) is 48.5 Å². The van der Waals surface area contributed by atoms with E-state index in [1.54, 1.807) is 0 Å². The lowest BCUT2D eigenvalue weighted by Gasteiger charge is -2.10. The molecule has 0 spiro atoms. The van der Waals surface area contributed by atoms with Crippen LogP contribution in [0, 0.1) is 11.3 Å². The average Bonchev–Trinajstić information content (AvgIpc) is 2.86. The van der Waals surface area contributed by atoms with Gasteiger partial charge >= 0.3 is 0 Å². The smallest absolute Gasteiger partial charge is 0.111 e. The first-order chi connectivity index (χ1) is 10.3. The van der Waals surface area contributed by atoms with E-state index in [9.17, 15) is 5.26 Å². The van der Waals surface area contributed by atoms with Gasteiger partial charge < -0.3 is 10.3 Å². The molecular formula is C17H16N4. The molecule has 3 aromatic rings. The van der Waals surface area contributed by atoms with Crippen LogP contribution in [0.2, 0.25) is 0 Å². The molecule has 0 unspecified atom stereocenters. The third kappa shape index (κ3) is 2.51. The third-order valence-corrected chi connectivity index (χ3v) is 3.57. The molecule has 0 saturated carbocycles. The molecular weight excluding hydrogens is 260 g/mol. The molecule has 0 aliphatic rings. The van der Waals surface area contributed by atoms with Crippen molar-refractivity contribution >= 4 is 11.0 Å². The molecule has 2 N–H and O–H groups in total. The molecule has 0 amide bonds. The Bertz CT molecular complexity index is 811. The van der Waals surface area contributed by atoms with E-state index < -0.39 is 0 Å². The molecule has 0 saturated heterocycles. The molecule has 0 radical (unpaired) electrons. The summed E-state index contributed by atoms with van der Waals surface area (Å²) in [6.45, 7) is 1.20. The Morgan fingerprint density at radius 2 is 1.86 bits per heavy atom. The molecule has 0 bridgehead atoms. The highest BCUT2D eigenvalue weighted by Crippen LogP contribution is 2.19. The molecule has 2 aromatic carbocycles. The number of benzene rings is 2. The van der Waals surface area contributed by atoms with Gasteiger partial charge in [0.1, 0.15) is 5.82 Å². The van der Waals surface area contributed by atoms with Crippen molar-refractivity contribution in [3.8, 4) is 6.07 Å². The number of nitrogens with two attached hydrogens (primary N) is 1. The first-order valence-corrected chi connectivity index (χ1v) is 6.95. The number of hydrogen-bond acceptors (Lipinski definition) is 3. The van der Waals surface area contributed by atoms with E-state index in [1.165, 1.54) is 0 Å². The zero-order chi connectivity index (χ0) is 14.7. The van der Waals surface area contributed by atoms with Gasteiger partial charge in [0, 0.05) is 6.42 Å². The van der Waals surface area contributed by atoms with E-state index in [0.717, 1.165) is 28.8 Å². The molecule has 0 atom stereocenters. The van der Waals surface area contributed by atoms with E-state index in [4.69, 9.17) is 5.73 Å². The van der Waals surface area contributed by atoms with Crippen LogP contribution in [0.25, 0.3) is 11.0 Å². The fourth-order valence-electron chi connectivity index (χ4n) is 2.56. The van der Waals surface area contributed by atoms with Gasteiger partial charge in [0.25, 0.3) is 0 Å². The maximum Gasteiger partial charge on any atom is 0.111 e. The van der Waals surface area contributed by atoms with Gasteiger partial charge in [0.2, 0.25) is 0 Å². The maximum absolute atomic E-state index is 9.24. The van der Waals surface area contributed by atoms with Gasteiger partial charge in [0.15, 0.2) is 0 Å². The number of aromatic nitrogens is 2. The van der Waals surface area contributed by atoms with E-state index in [0.29, 0.717) is 18.7 Å². The number of rotatable bonds is 4. The SMILES string of the molecule is N#Cc1ccccc1Cn1c(CCN)nc2ccccc21. The van der Waals surface area contributed by atoms with Gasteiger partial charge in [-0.05, 0) is 30.3 Å². The van der Waals surface area contributed by atoms with Crippen molar-refractivity contribution in [3.05, 3.63) is 65.5 Å². The molecule has 1 aromatic heterocycles. The van der Waals surface area contributed by atoms with Gasteiger partial charge in [-0.2, -0.15) is 5.26 Å². The Labute approximate surface area is 123 Å². The Kier molecular flexibility index (Phi) is 3.67. The average molecular weight is 276 g/mol.